The van der Waals surface area contributed by atoms with Crippen LogP contribution in [0.2, 0.25) is 0 Å². The van der Waals surface area contributed by atoms with Gasteiger partial charge in [-0.25, -0.2) is 0 Å². The third-order valence-electron chi connectivity index (χ3n) is 8.00. The first-order valence-electron chi connectivity index (χ1n) is 14.8. The van der Waals surface area contributed by atoms with Crippen molar-refractivity contribution in [3.8, 4) is 51.7 Å². The molecule has 3 aliphatic rings. The summed E-state index contributed by atoms with van der Waals surface area (Å²) in [5.74, 6) is 1.61. The van der Waals surface area contributed by atoms with Gasteiger partial charge in [0.2, 0.25) is 0 Å². The SMILES string of the molecule is COc1cc2c(cc1OC)C1C(=O)c3c(O)cc4c(c3OC1CO2)C=CC(C)(C)O4.Oc1ccc(C=Cc2cc(O)cc(O)c2)cc1. The van der Waals surface area contributed by atoms with Crippen molar-refractivity contribution >= 4 is 24.0 Å². The number of rotatable bonds is 4. The lowest BCUT2D eigenvalue weighted by Crippen LogP contribution is -2.43. The van der Waals surface area contributed by atoms with E-state index in [2.05, 4.69) is 0 Å². The summed E-state index contributed by atoms with van der Waals surface area (Å²) in [7, 11) is 3.07. The van der Waals surface area contributed by atoms with E-state index in [1.165, 1.54) is 19.2 Å². The summed E-state index contributed by atoms with van der Waals surface area (Å²) < 4.78 is 28.8. The normalized spacial score (nSPS) is 18.2. The van der Waals surface area contributed by atoms with E-state index >= 15 is 0 Å². The smallest absolute Gasteiger partial charge is 0.181 e. The van der Waals surface area contributed by atoms with E-state index in [0.717, 1.165) is 5.56 Å². The second-order valence-corrected chi connectivity index (χ2v) is 11.8. The van der Waals surface area contributed by atoms with Crippen LogP contribution >= 0.6 is 0 Å². The van der Waals surface area contributed by atoms with Crippen LogP contribution in [0, 0.1) is 0 Å². The van der Waals surface area contributed by atoms with Gasteiger partial charge in [-0.2, -0.15) is 0 Å². The van der Waals surface area contributed by atoms with Crippen LogP contribution in [-0.4, -0.2) is 58.7 Å². The maximum absolute atomic E-state index is 13.6. The highest BCUT2D eigenvalue weighted by atomic mass is 16.5. The molecule has 0 saturated heterocycles. The fraction of sp³-hybridized carbons (Fsp3) is 0.216. The van der Waals surface area contributed by atoms with Crippen molar-refractivity contribution in [3.05, 3.63) is 94.6 Å². The van der Waals surface area contributed by atoms with E-state index in [-0.39, 0.29) is 41.0 Å². The average molecular weight is 639 g/mol. The summed E-state index contributed by atoms with van der Waals surface area (Å²) in [6.45, 7) is 4.02. The van der Waals surface area contributed by atoms with Gasteiger partial charge in [0.05, 0.1) is 25.7 Å². The van der Waals surface area contributed by atoms with Crippen molar-refractivity contribution in [1.82, 2.24) is 0 Å². The standard InChI is InChI=1S/C23H22O7.C14H12O3/c1-23(2)6-5-11-15(30-23)8-13(24)20-21(25)19-12-7-16(26-3)17(27-4)9-14(12)28-10-18(19)29-22(11)20;15-12-5-3-10(4-6-12)1-2-11-7-13(16)9-14(17)8-11/h5-9,18-19,24H,10H2,1-4H3;1-9,15-17H. The lowest BCUT2D eigenvalue weighted by Gasteiger charge is -2.39. The Morgan fingerprint density at radius 2 is 1.47 bits per heavy atom. The summed E-state index contributed by atoms with van der Waals surface area (Å²) in [4.78, 5) is 13.6. The molecule has 242 valence electrons. The van der Waals surface area contributed by atoms with Gasteiger partial charge in [-0.05, 0) is 67.5 Å². The molecule has 4 aromatic rings. The van der Waals surface area contributed by atoms with E-state index < -0.39 is 17.6 Å². The van der Waals surface area contributed by atoms with Gasteiger partial charge < -0.3 is 44.1 Å². The van der Waals surface area contributed by atoms with Crippen molar-refractivity contribution in [3.63, 3.8) is 0 Å². The second kappa shape index (κ2) is 12.2. The molecule has 3 heterocycles. The van der Waals surface area contributed by atoms with E-state index in [1.807, 2.05) is 32.1 Å². The fourth-order valence-corrected chi connectivity index (χ4v) is 5.76. The number of hydrogen-bond acceptors (Lipinski definition) is 10. The maximum atomic E-state index is 13.6. The molecule has 0 aromatic heterocycles. The zero-order valence-corrected chi connectivity index (χ0v) is 26.2. The number of hydrogen-bond donors (Lipinski definition) is 4. The first-order chi connectivity index (χ1) is 22.5. The zero-order chi connectivity index (χ0) is 33.5. The molecule has 0 fully saturated rings. The predicted molar refractivity (Wildman–Crippen MR) is 175 cm³/mol. The van der Waals surface area contributed by atoms with Crippen LogP contribution in [0.5, 0.6) is 51.7 Å². The molecule has 2 unspecified atom stereocenters. The van der Waals surface area contributed by atoms with E-state index in [4.69, 9.17) is 28.8 Å². The number of carbonyl (C=O) groups is 1. The van der Waals surface area contributed by atoms with Crippen LogP contribution in [0.1, 0.15) is 52.4 Å². The molecule has 0 bridgehead atoms. The highest BCUT2D eigenvalue weighted by Crippen LogP contribution is 2.52. The molecule has 0 saturated carbocycles. The lowest BCUT2D eigenvalue weighted by molar-refractivity contribution is 0.0547. The molecule has 4 aromatic carbocycles. The number of ketones is 1. The fourth-order valence-electron chi connectivity index (χ4n) is 5.76. The van der Waals surface area contributed by atoms with Gasteiger partial charge in [-0.1, -0.05) is 24.3 Å². The Bertz CT molecular complexity index is 1890. The number of carbonyl (C=O) groups excluding carboxylic acids is 1. The molecular weight excluding hydrogens is 604 g/mol. The third kappa shape index (κ3) is 6.22. The number of aromatic hydroxyl groups is 4. The van der Waals surface area contributed by atoms with E-state index in [0.29, 0.717) is 45.4 Å². The molecule has 2 atom stereocenters. The summed E-state index contributed by atoms with van der Waals surface area (Å²) in [6.07, 6.45) is 6.83. The summed E-state index contributed by atoms with van der Waals surface area (Å²) in [5.41, 5.74) is 2.56. The molecule has 4 N–H and O–H groups in total. The topological polar surface area (TPSA) is 144 Å². The average Bonchev–Trinajstić information content (AvgIpc) is 3.02. The second-order valence-electron chi connectivity index (χ2n) is 11.8. The molecule has 3 aliphatic heterocycles. The number of ether oxygens (including phenoxy) is 5. The minimum atomic E-state index is -0.630. The highest BCUT2D eigenvalue weighted by Gasteiger charge is 2.46. The Labute approximate surface area is 271 Å². The molecule has 10 nitrogen and oxygen atoms in total. The Morgan fingerprint density at radius 1 is 0.809 bits per heavy atom. The van der Waals surface area contributed by atoms with Crippen molar-refractivity contribution in [2.75, 3.05) is 20.8 Å². The third-order valence-corrected chi connectivity index (χ3v) is 8.00. The van der Waals surface area contributed by atoms with Gasteiger partial charge in [0.1, 0.15) is 64.1 Å². The minimum Gasteiger partial charge on any atom is -0.508 e. The van der Waals surface area contributed by atoms with Crippen LogP contribution < -0.4 is 23.7 Å². The summed E-state index contributed by atoms with van der Waals surface area (Å²) in [5, 5.41) is 38.4. The molecule has 10 heteroatoms. The van der Waals surface area contributed by atoms with Crippen molar-refractivity contribution in [2.45, 2.75) is 31.5 Å². The maximum Gasteiger partial charge on any atom is 0.181 e. The van der Waals surface area contributed by atoms with Gasteiger partial charge >= 0.3 is 0 Å². The quantitative estimate of drug-likeness (QED) is 0.179. The van der Waals surface area contributed by atoms with Gasteiger partial charge in [0, 0.05) is 23.8 Å². The Kier molecular flexibility index (Phi) is 8.11. The molecular formula is C37H34O10. The van der Waals surface area contributed by atoms with Gasteiger partial charge in [-0.3, -0.25) is 4.79 Å². The zero-order valence-electron chi connectivity index (χ0n) is 26.2. The molecule has 0 aliphatic carbocycles. The van der Waals surface area contributed by atoms with Crippen LogP contribution in [0.15, 0.2) is 66.7 Å². The first kappa shape index (κ1) is 31.2. The van der Waals surface area contributed by atoms with Crippen LogP contribution in [0.25, 0.3) is 18.2 Å². The van der Waals surface area contributed by atoms with Crippen LogP contribution in [-0.2, 0) is 0 Å². The highest BCUT2D eigenvalue weighted by molar-refractivity contribution is 6.08. The van der Waals surface area contributed by atoms with Gasteiger partial charge in [0.15, 0.2) is 17.3 Å². The molecule has 0 spiro atoms. The number of Topliss-reactive ketones (excluding diaryl/α,β-unsaturated/α-hetero) is 1. The Morgan fingerprint density at radius 3 is 2.15 bits per heavy atom. The van der Waals surface area contributed by atoms with Crippen LogP contribution in [0.3, 0.4) is 0 Å². The molecule has 0 amide bonds. The molecule has 47 heavy (non-hydrogen) atoms. The Balaban J connectivity index is 0.000000193. The largest absolute Gasteiger partial charge is 0.508 e. The number of phenolic OH excluding ortho intramolecular Hbond substituents is 4. The van der Waals surface area contributed by atoms with Gasteiger partial charge in [0.25, 0.3) is 0 Å². The van der Waals surface area contributed by atoms with Gasteiger partial charge in [-0.15, -0.1) is 0 Å². The first-order valence-corrected chi connectivity index (χ1v) is 14.8. The van der Waals surface area contributed by atoms with E-state index in [9.17, 15) is 20.1 Å². The number of methoxy groups -OCH3 is 2. The molecule has 0 radical (unpaired) electrons. The van der Waals surface area contributed by atoms with Crippen LogP contribution in [0.4, 0.5) is 0 Å². The monoisotopic (exact) mass is 638 g/mol. The van der Waals surface area contributed by atoms with Crippen molar-refractivity contribution < 1.29 is 48.9 Å². The Hall–Kier alpha value is -5.77. The predicted octanol–water partition coefficient (Wildman–Crippen LogP) is 6.69. The number of phenols is 4. The lowest BCUT2D eigenvalue weighted by atomic mass is 9.80. The number of fused-ring (bicyclic) bond motifs is 6. The van der Waals surface area contributed by atoms with Crippen molar-refractivity contribution in [1.29, 1.82) is 0 Å². The van der Waals surface area contributed by atoms with Crippen molar-refractivity contribution in [2.24, 2.45) is 0 Å². The minimum absolute atomic E-state index is 0.0235. The van der Waals surface area contributed by atoms with E-state index in [1.54, 1.807) is 61.7 Å². The summed E-state index contributed by atoms with van der Waals surface area (Å²) in [6, 6.07) is 16.0. The number of benzene rings is 4. The summed E-state index contributed by atoms with van der Waals surface area (Å²) >= 11 is 0. The molecule has 7 rings (SSSR count).